The van der Waals surface area contributed by atoms with Crippen molar-refractivity contribution in [2.45, 2.75) is 20.3 Å². The molecule has 0 aromatic heterocycles. The van der Waals surface area contributed by atoms with Crippen molar-refractivity contribution < 1.29 is 23.1 Å². The summed E-state index contributed by atoms with van der Waals surface area (Å²) in [6.45, 7) is 4.14. The van der Waals surface area contributed by atoms with Crippen LogP contribution in [0.3, 0.4) is 0 Å². The summed E-state index contributed by atoms with van der Waals surface area (Å²) in [5, 5.41) is 13.9. The minimum Gasteiger partial charge on any atom is -0.481 e. The van der Waals surface area contributed by atoms with E-state index in [4.69, 9.17) is 5.11 Å². The highest BCUT2D eigenvalue weighted by atomic mass is 32.2. The Labute approximate surface area is 119 Å². The summed E-state index contributed by atoms with van der Waals surface area (Å²) in [6.07, 6.45) is 1.51. The van der Waals surface area contributed by atoms with Gasteiger partial charge in [0.15, 0.2) is 0 Å². The number of aliphatic carboxylic acids is 1. The van der Waals surface area contributed by atoms with Crippen LogP contribution in [0.2, 0.25) is 0 Å². The molecule has 9 heteroatoms. The van der Waals surface area contributed by atoms with Crippen molar-refractivity contribution in [1.29, 1.82) is 0 Å². The monoisotopic (exact) mass is 309 g/mol. The predicted molar refractivity (Wildman–Crippen MR) is 74.8 cm³/mol. The first-order valence-electron chi connectivity index (χ1n) is 6.32. The molecule has 0 saturated carbocycles. The second kappa shape index (κ2) is 8.75. The van der Waals surface area contributed by atoms with Crippen molar-refractivity contribution in [1.82, 2.24) is 15.4 Å². The van der Waals surface area contributed by atoms with Gasteiger partial charge in [0, 0.05) is 19.6 Å². The van der Waals surface area contributed by atoms with Crippen LogP contribution in [0.4, 0.5) is 4.79 Å². The Morgan fingerprint density at radius 1 is 1.15 bits per heavy atom. The Morgan fingerprint density at radius 3 is 2.20 bits per heavy atom. The molecule has 2 amide bonds. The van der Waals surface area contributed by atoms with E-state index in [-0.39, 0.29) is 19.0 Å². The van der Waals surface area contributed by atoms with Gasteiger partial charge in [0.1, 0.15) is 0 Å². The Kier molecular flexibility index (Phi) is 8.16. The van der Waals surface area contributed by atoms with E-state index >= 15 is 0 Å². The number of carboxylic acids is 1. The van der Waals surface area contributed by atoms with Gasteiger partial charge in [-0.2, -0.15) is 0 Å². The molecule has 0 aromatic rings. The van der Waals surface area contributed by atoms with Crippen LogP contribution in [0.1, 0.15) is 20.3 Å². The summed E-state index contributed by atoms with van der Waals surface area (Å²) in [5.74, 6) is -1.66. The number of amides is 2. The number of carbonyl (C=O) groups is 2. The molecule has 0 fully saturated rings. The number of nitrogens with one attached hydrogen (secondary N) is 3. The maximum absolute atomic E-state index is 11.4. The van der Waals surface area contributed by atoms with Gasteiger partial charge in [-0.1, -0.05) is 13.8 Å². The summed E-state index contributed by atoms with van der Waals surface area (Å²) in [4.78, 5) is 22.3. The molecule has 0 aliphatic rings. The smallest absolute Gasteiger partial charge is 0.314 e. The molecule has 0 aliphatic carbocycles. The van der Waals surface area contributed by atoms with Gasteiger partial charge < -0.3 is 15.7 Å². The third-order valence-corrected chi connectivity index (χ3v) is 3.34. The zero-order valence-electron chi connectivity index (χ0n) is 12.0. The molecular formula is C11H23N3O5S. The quantitative estimate of drug-likeness (QED) is 0.431. The van der Waals surface area contributed by atoms with Gasteiger partial charge in [-0.05, 0) is 12.3 Å². The molecule has 118 valence electrons. The van der Waals surface area contributed by atoms with E-state index in [2.05, 4.69) is 15.4 Å². The van der Waals surface area contributed by atoms with E-state index < -0.39 is 27.9 Å². The molecule has 4 N–H and O–H groups in total. The minimum atomic E-state index is -3.21. The number of sulfonamides is 1. The maximum Gasteiger partial charge on any atom is 0.314 e. The second-order valence-corrected chi connectivity index (χ2v) is 6.68. The SMILES string of the molecule is CC(C)C(CNC(=O)NCCCNS(C)(=O)=O)C(=O)O. The number of urea groups is 1. The van der Waals surface area contributed by atoms with Crippen molar-refractivity contribution >= 4 is 22.0 Å². The number of carboxylic acid groups (broad SMARTS) is 1. The van der Waals surface area contributed by atoms with E-state index in [0.29, 0.717) is 13.0 Å². The van der Waals surface area contributed by atoms with Crippen LogP contribution in [0.25, 0.3) is 0 Å². The van der Waals surface area contributed by atoms with Gasteiger partial charge in [0.2, 0.25) is 10.0 Å². The molecular weight excluding hydrogens is 286 g/mol. The Bertz CT molecular complexity index is 422. The lowest BCUT2D eigenvalue weighted by Gasteiger charge is -2.16. The van der Waals surface area contributed by atoms with Crippen molar-refractivity contribution in [2.75, 3.05) is 25.9 Å². The highest BCUT2D eigenvalue weighted by molar-refractivity contribution is 7.88. The number of rotatable bonds is 9. The highest BCUT2D eigenvalue weighted by Gasteiger charge is 2.21. The molecule has 0 radical (unpaired) electrons. The molecule has 0 rings (SSSR count). The van der Waals surface area contributed by atoms with Gasteiger partial charge in [-0.25, -0.2) is 17.9 Å². The van der Waals surface area contributed by atoms with Crippen LogP contribution < -0.4 is 15.4 Å². The third kappa shape index (κ3) is 9.56. The van der Waals surface area contributed by atoms with E-state index in [1.165, 1.54) is 0 Å². The first kappa shape index (κ1) is 18.7. The van der Waals surface area contributed by atoms with E-state index in [0.717, 1.165) is 6.26 Å². The summed E-state index contributed by atoms with van der Waals surface area (Å²) in [6, 6.07) is -0.462. The molecule has 8 nitrogen and oxygen atoms in total. The summed E-state index contributed by atoms with van der Waals surface area (Å²) < 4.78 is 23.8. The lowest BCUT2D eigenvalue weighted by atomic mass is 9.96. The third-order valence-electron chi connectivity index (χ3n) is 2.61. The molecule has 0 spiro atoms. The molecule has 0 heterocycles. The number of hydrogen-bond acceptors (Lipinski definition) is 4. The van der Waals surface area contributed by atoms with Gasteiger partial charge in [-0.15, -0.1) is 0 Å². The maximum atomic E-state index is 11.4. The van der Waals surface area contributed by atoms with Gasteiger partial charge in [-0.3, -0.25) is 4.79 Å². The Hall–Kier alpha value is -1.35. The van der Waals surface area contributed by atoms with E-state index in [1.54, 1.807) is 13.8 Å². The second-order valence-electron chi connectivity index (χ2n) is 4.85. The van der Waals surface area contributed by atoms with Crippen molar-refractivity contribution in [2.24, 2.45) is 11.8 Å². The first-order chi connectivity index (χ1) is 9.13. The summed E-state index contributed by atoms with van der Waals surface area (Å²) in [7, 11) is -3.21. The first-order valence-corrected chi connectivity index (χ1v) is 8.21. The fourth-order valence-corrected chi connectivity index (χ4v) is 1.94. The van der Waals surface area contributed by atoms with Gasteiger partial charge >= 0.3 is 12.0 Å². The predicted octanol–water partition coefficient (Wildman–Crippen LogP) is -0.418. The molecule has 0 saturated heterocycles. The molecule has 20 heavy (non-hydrogen) atoms. The topological polar surface area (TPSA) is 125 Å². The lowest BCUT2D eigenvalue weighted by Crippen LogP contribution is -2.42. The summed E-state index contributed by atoms with van der Waals surface area (Å²) in [5.41, 5.74) is 0. The molecule has 0 bridgehead atoms. The van der Waals surface area contributed by atoms with Crippen LogP contribution in [-0.4, -0.2) is 51.4 Å². The molecule has 0 aromatic carbocycles. The standard InChI is InChI=1S/C11H23N3O5S/c1-8(2)9(10(15)16)7-13-11(17)12-5-4-6-14-20(3,18)19/h8-9,14H,4-7H2,1-3H3,(H,15,16)(H2,12,13,17). The van der Waals surface area contributed by atoms with E-state index in [1.807, 2.05) is 0 Å². The van der Waals surface area contributed by atoms with Crippen molar-refractivity contribution in [3.63, 3.8) is 0 Å². The van der Waals surface area contributed by atoms with Crippen molar-refractivity contribution in [3.05, 3.63) is 0 Å². The zero-order valence-corrected chi connectivity index (χ0v) is 12.8. The minimum absolute atomic E-state index is 0.0560. The Balaban J connectivity index is 3.81. The van der Waals surface area contributed by atoms with Crippen LogP contribution in [0.15, 0.2) is 0 Å². The van der Waals surface area contributed by atoms with Crippen molar-refractivity contribution in [3.8, 4) is 0 Å². The van der Waals surface area contributed by atoms with Gasteiger partial charge in [0.05, 0.1) is 12.2 Å². The normalized spacial score (nSPS) is 13.0. The fraction of sp³-hybridized carbons (Fsp3) is 0.818. The van der Waals surface area contributed by atoms with Gasteiger partial charge in [0.25, 0.3) is 0 Å². The fourth-order valence-electron chi connectivity index (χ4n) is 1.42. The number of hydrogen-bond donors (Lipinski definition) is 4. The molecule has 0 aliphatic heterocycles. The largest absolute Gasteiger partial charge is 0.481 e. The Morgan fingerprint density at radius 2 is 1.75 bits per heavy atom. The van der Waals surface area contributed by atoms with Crippen LogP contribution >= 0.6 is 0 Å². The van der Waals surface area contributed by atoms with Crippen LogP contribution in [0, 0.1) is 11.8 Å². The lowest BCUT2D eigenvalue weighted by molar-refractivity contribution is -0.142. The van der Waals surface area contributed by atoms with Crippen LogP contribution in [-0.2, 0) is 14.8 Å². The average Bonchev–Trinajstić information content (AvgIpc) is 2.26. The molecule has 1 atom stereocenters. The average molecular weight is 309 g/mol. The zero-order chi connectivity index (χ0) is 15.8. The van der Waals surface area contributed by atoms with Crippen LogP contribution in [0.5, 0.6) is 0 Å². The highest BCUT2D eigenvalue weighted by Crippen LogP contribution is 2.09. The number of carbonyl (C=O) groups excluding carboxylic acids is 1. The summed E-state index contributed by atoms with van der Waals surface area (Å²) >= 11 is 0. The molecule has 1 unspecified atom stereocenters. The van der Waals surface area contributed by atoms with E-state index in [9.17, 15) is 18.0 Å².